The number of nitrogens with one attached hydrogen (secondary N) is 1. The number of nitrogens with zero attached hydrogens (tertiary/aromatic N) is 2. The van der Waals surface area contributed by atoms with Crippen LogP contribution in [0.3, 0.4) is 0 Å². The van der Waals surface area contributed by atoms with Crippen molar-refractivity contribution in [2.75, 3.05) is 0 Å². The van der Waals surface area contributed by atoms with Gasteiger partial charge in [0, 0.05) is 23.4 Å². The van der Waals surface area contributed by atoms with Crippen molar-refractivity contribution >= 4 is 34.8 Å². The first kappa shape index (κ1) is 14.4. The average molecular weight is 307 g/mol. The number of nitro benzene ring substituents is 1. The molecule has 0 unspecified atom stereocenters. The van der Waals surface area contributed by atoms with Crippen molar-refractivity contribution in [1.82, 2.24) is 9.97 Å². The van der Waals surface area contributed by atoms with Gasteiger partial charge in [0.1, 0.15) is 5.03 Å². The molecule has 0 saturated carbocycles. The van der Waals surface area contributed by atoms with Crippen molar-refractivity contribution < 1.29 is 9.72 Å². The lowest BCUT2D eigenvalue weighted by atomic mass is 10.2. The third-order valence-electron chi connectivity index (χ3n) is 2.35. The third kappa shape index (κ3) is 3.49. The number of carbonyl (C=O) groups excluding carboxylic acids is 1. The molecule has 0 amide bonds. The van der Waals surface area contributed by atoms with E-state index in [1.807, 2.05) is 0 Å². The molecule has 2 aromatic rings. The van der Waals surface area contributed by atoms with Gasteiger partial charge in [-0.1, -0.05) is 6.07 Å². The Bertz CT molecular complexity index is 743. The summed E-state index contributed by atoms with van der Waals surface area (Å²) >= 11 is 5.82. The van der Waals surface area contributed by atoms with Crippen LogP contribution in [0.25, 0.3) is 0 Å². The molecule has 102 valence electrons. The number of aromatic amines is 1. The van der Waals surface area contributed by atoms with Gasteiger partial charge < -0.3 is 4.98 Å². The molecule has 0 spiro atoms. The van der Waals surface area contributed by atoms with E-state index < -0.39 is 4.92 Å². The van der Waals surface area contributed by atoms with Gasteiger partial charge in [0.25, 0.3) is 5.69 Å². The van der Waals surface area contributed by atoms with Gasteiger partial charge in [0.2, 0.25) is 5.12 Å². The zero-order valence-corrected chi connectivity index (χ0v) is 12.0. The molecule has 8 heteroatoms. The van der Waals surface area contributed by atoms with Crippen molar-refractivity contribution in [2.45, 2.75) is 11.9 Å². The zero-order valence-electron chi connectivity index (χ0n) is 10.3. The molecule has 6 nitrogen and oxygen atoms in total. The number of thioether (sulfide) groups is 1. The van der Waals surface area contributed by atoms with E-state index in [0.717, 1.165) is 17.5 Å². The van der Waals surface area contributed by atoms with Crippen LogP contribution in [0.1, 0.15) is 16.1 Å². The van der Waals surface area contributed by atoms with E-state index in [4.69, 9.17) is 12.2 Å². The highest BCUT2D eigenvalue weighted by atomic mass is 32.2. The van der Waals surface area contributed by atoms with Crippen LogP contribution >= 0.6 is 24.0 Å². The summed E-state index contributed by atoms with van der Waals surface area (Å²) in [7, 11) is 0. The lowest BCUT2D eigenvalue weighted by Crippen LogP contribution is -1.97. The van der Waals surface area contributed by atoms with E-state index in [-0.39, 0.29) is 16.4 Å². The lowest BCUT2D eigenvalue weighted by Gasteiger charge is -2.01. The first-order valence-electron chi connectivity index (χ1n) is 5.50. The van der Waals surface area contributed by atoms with E-state index in [2.05, 4.69) is 9.97 Å². The highest BCUT2D eigenvalue weighted by Crippen LogP contribution is 2.23. The Morgan fingerprint density at radius 2 is 2.20 bits per heavy atom. The number of carbonyl (C=O) groups is 1. The minimum Gasteiger partial charge on any atom is -0.335 e. The molecule has 2 rings (SSSR count). The van der Waals surface area contributed by atoms with E-state index >= 15 is 0 Å². The standard InChI is InChI=1S/C12H9N3O3S2/c1-7-5-10(14-12(19)13-7)20-11(16)8-3-2-4-9(6-8)15(17)18/h2-6H,1H3,(H,13,14,19). The molecule has 0 aliphatic heterocycles. The van der Waals surface area contributed by atoms with Crippen molar-refractivity contribution in [3.8, 4) is 0 Å². The smallest absolute Gasteiger partial charge is 0.270 e. The molecule has 0 fully saturated rings. The summed E-state index contributed by atoms with van der Waals surface area (Å²) in [5.74, 6) is 0. The van der Waals surface area contributed by atoms with Gasteiger partial charge in [-0.3, -0.25) is 14.9 Å². The SMILES string of the molecule is Cc1cc(SC(=O)c2cccc([N+](=O)[O-])c2)nc(=S)[nH]1. The second kappa shape index (κ2) is 5.93. The summed E-state index contributed by atoms with van der Waals surface area (Å²) in [6, 6.07) is 7.27. The van der Waals surface area contributed by atoms with Crippen LogP contribution in [-0.4, -0.2) is 20.0 Å². The van der Waals surface area contributed by atoms with Crippen LogP contribution in [0.4, 0.5) is 5.69 Å². The summed E-state index contributed by atoms with van der Waals surface area (Å²) in [6.07, 6.45) is 0. The maximum absolute atomic E-state index is 12.1. The predicted octanol–water partition coefficient (Wildman–Crippen LogP) is 3.29. The number of non-ortho nitro benzene ring substituents is 1. The summed E-state index contributed by atoms with van der Waals surface area (Å²) in [4.78, 5) is 29.1. The fourth-order valence-electron chi connectivity index (χ4n) is 1.50. The summed E-state index contributed by atoms with van der Waals surface area (Å²) < 4.78 is 0.291. The number of hydrogen-bond acceptors (Lipinski definition) is 6. The van der Waals surface area contributed by atoms with Crippen molar-refractivity contribution in [1.29, 1.82) is 0 Å². The lowest BCUT2D eigenvalue weighted by molar-refractivity contribution is -0.384. The molecule has 1 aromatic heterocycles. The predicted molar refractivity (Wildman–Crippen MR) is 77.4 cm³/mol. The highest BCUT2D eigenvalue weighted by Gasteiger charge is 2.13. The minimum absolute atomic E-state index is 0.119. The number of rotatable bonds is 3. The van der Waals surface area contributed by atoms with Gasteiger partial charge in [0.05, 0.1) is 4.92 Å². The molecule has 20 heavy (non-hydrogen) atoms. The number of hydrogen-bond donors (Lipinski definition) is 1. The molecule has 1 aromatic carbocycles. The van der Waals surface area contributed by atoms with E-state index in [1.54, 1.807) is 13.0 Å². The second-order valence-electron chi connectivity index (χ2n) is 3.90. The Labute approximate surface area is 123 Å². The van der Waals surface area contributed by atoms with Crippen LogP contribution in [0.2, 0.25) is 0 Å². The molecule has 1 N–H and O–H groups in total. The number of nitro groups is 1. The number of benzene rings is 1. The Hall–Kier alpha value is -2.06. The number of aryl methyl sites for hydroxylation is 1. The molecule has 0 atom stereocenters. The van der Waals surface area contributed by atoms with E-state index in [0.29, 0.717) is 9.80 Å². The number of aromatic nitrogens is 2. The Kier molecular flexibility index (Phi) is 4.26. The first-order valence-corrected chi connectivity index (χ1v) is 6.73. The molecule has 1 heterocycles. The van der Waals surface area contributed by atoms with Crippen LogP contribution in [0, 0.1) is 21.8 Å². The largest absolute Gasteiger partial charge is 0.335 e. The van der Waals surface area contributed by atoms with Crippen molar-refractivity contribution in [3.63, 3.8) is 0 Å². The Morgan fingerprint density at radius 1 is 1.45 bits per heavy atom. The quantitative estimate of drug-likeness (QED) is 0.308. The van der Waals surface area contributed by atoms with Gasteiger partial charge in [-0.25, -0.2) is 4.98 Å². The van der Waals surface area contributed by atoms with Crippen LogP contribution in [0.5, 0.6) is 0 Å². The molecule has 0 aliphatic rings. The number of H-pyrrole nitrogens is 1. The first-order chi connectivity index (χ1) is 9.45. The average Bonchev–Trinajstić information content (AvgIpc) is 2.37. The van der Waals surface area contributed by atoms with Gasteiger partial charge in [0.15, 0.2) is 4.77 Å². The van der Waals surface area contributed by atoms with Gasteiger partial charge in [-0.2, -0.15) is 0 Å². The fourth-order valence-corrected chi connectivity index (χ4v) is 2.63. The van der Waals surface area contributed by atoms with Crippen LogP contribution in [0.15, 0.2) is 35.4 Å². The van der Waals surface area contributed by atoms with Crippen LogP contribution in [-0.2, 0) is 0 Å². The zero-order chi connectivity index (χ0) is 14.7. The second-order valence-corrected chi connectivity index (χ2v) is 5.28. The molecule has 0 radical (unpaired) electrons. The minimum atomic E-state index is -0.539. The maximum Gasteiger partial charge on any atom is 0.270 e. The van der Waals surface area contributed by atoms with E-state index in [9.17, 15) is 14.9 Å². The normalized spacial score (nSPS) is 10.2. The van der Waals surface area contributed by atoms with E-state index in [1.165, 1.54) is 24.3 Å². The maximum atomic E-state index is 12.1. The Morgan fingerprint density at radius 3 is 2.85 bits per heavy atom. The summed E-state index contributed by atoms with van der Waals surface area (Å²) in [5.41, 5.74) is 0.924. The highest BCUT2D eigenvalue weighted by molar-refractivity contribution is 8.14. The van der Waals surface area contributed by atoms with Gasteiger partial charge in [-0.15, -0.1) is 0 Å². The van der Waals surface area contributed by atoms with Gasteiger partial charge in [-0.05, 0) is 43.0 Å². The monoisotopic (exact) mass is 307 g/mol. The summed E-state index contributed by atoms with van der Waals surface area (Å²) in [6.45, 7) is 1.80. The third-order valence-corrected chi connectivity index (χ3v) is 3.38. The van der Waals surface area contributed by atoms with Crippen LogP contribution < -0.4 is 0 Å². The summed E-state index contributed by atoms with van der Waals surface area (Å²) in [5, 5.41) is 10.8. The van der Waals surface area contributed by atoms with Gasteiger partial charge >= 0.3 is 0 Å². The molecule has 0 bridgehead atoms. The molecular formula is C12H9N3O3S2. The molecule has 0 aliphatic carbocycles. The van der Waals surface area contributed by atoms with Crippen molar-refractivity contribution in [3.05, 3.63) is 56.5 Å². The topological polar surface area (TPSA) is 88.9 Å². The molecular weight excluding hydrogens is 298 g/mol. The fraction of sp³-hybridized carbons (Fsp3) is 0.0833. The Balaban J connectivity index is 2.26. The molecule has 0 saturated heterocycles. The van der Waals surface area contributed by atoms with Crippen molar-refractivity contribution in [2.24, 2.45) is 0 Å².